The van der Waals surface area contributed by atoms with Gasteiger partial charge >= 0.3 is 5.97 Å². The summed E-state index contributed by atoms with van der Waals surface area (Å²) in [4.78, 5) is 10.7. The summed E-state index contributed by atoms with van der Waals surface area (Å²) in [6.07, 6.45) is 0. The molecule has 4 N–H and O–H groups in total. The summed E-state index contributed by atoms with van der Waals surface area (Å²) in [6, 6.07) is 7.37. The molecule has 0 radical (unpaired) electrons. The highest BCUT2D eigenvalue weighted by molar-refractivity contribution is 7.89. The van der Waals surface area contributed by atoms with E-state index >= 15 is 0 Å². The highest BCUT2D eigenvalue weighted by atomic mass is 32.2. The molecule has 0 bridgehead atoms. The van der Waals surface area contributed by atoms with Gasteiger partial charge < -0.3 is 14.8 Å². The van der Waals surface area contributed by atoms with Crippen molar-refractivity contribution < 1.29 is 22.7 Å². The number of carboxylic acid groups (broad SMARTS) is 1. The van der Waals surface area contributed by atoms with Crippen molar-refractivity contribution in [2.24, 2.45) is 5.14 Å². The summed E-state index contributed by atoms with van der Waals surface area (Å²) in [5, 5.41) is 16.8. The largest absolute Gasteiger partial charge is 0.475 e. The van der Waals surface area contributed by atoms with Gasteiger partial charge in [0, 0.05) is 5.69 Å². The van der Waals surface area contributed by atoms with E-state index in [1.54, 1.807) is 13.0 Å². The van der Waals surface area contributed by atoms with Gasteiger partial charge in [-0.05, 0) is 36.8 Å². The van der Waals surface area contributed by atoms with Crippen LogP contribution in [0, 0.1) is 6.92 Å². The molecule has 8 heteroatoms. The van der Waals surface area contributed by atoms with Gasteiger partial charge in [0.15, 0.2) is 0 Å². The minimum absolute atomic E-state index is 0.00118. The Bertz CT molecular complexity index is 780. The zero-order valence-corrected chi connectivity index (χ0v) is 12.0. The number of carboxylic acids is 1. The zero-order chi connectivity index (χ0) is 15.6. The number of benzene rings is 1. The van der Waals surface area contributed by atoms with E-state index in [4.69, 9.17) is 14.7 Å². The summed E-state index contributed by atoms with van der Waals surface area (Å²) in [7, 11) is -3.77. The number of rotatable bonds is 5. The number of anilines is 1. The Morgan fingerprint density at radius 2 is 2.05 bits per heavy atom. The number of aryl methyl sites for hydroxylation is 1. The van der Waals surface area contributed by atoms with Gasteiger partial charge in [-0.3, -0.25) is 0 Å². The highest BCUT2D eigenvalue weighted by Gasteiger charge is 2.11. The second kappa shape index (κ2) is 5.58. The summed E-state index contributed by atoms with van der Waals surface area (Å²) in [5.74, 6) is -0.872. The van der Waals surface area contributed by atoms with E-state index in [0.717, 1.165) is 5.56 Å². The third kappa shape index (κ3) is 3.61. The van der Waals surface area contributed by atoms with E-state index in [2.05, 4.69) is 5.32 Å². The predicted molar refractivity (Wildman–Crippen MR) is 75.5 cm³/mol. The monoisotopic (exact) mass is 310 g/mol. The molecular weight excluding hydrogens is 296 g/mol. The second-order valence-corrected chi connectivity index (χ2v) is 6.01. The molecule has 0 saturated heterocycles. The molecule has 112 valence electrons. The third-order valence-electron chi connectivity index (χ3n) is 2.86. The van der Waals surface area contributed by atoms with Crippen molar-refractivity contribution in [1.82, 2.24) is 0 Å². The van der Waals surface area contributed by atoms with Crippen LogP contribution in [0.5, 0.6) is 0 Å². The average Bonchev–Trinajstić information content (AvgIpc) is 2.85. The van der Waals surface area contributed by atoms with Crippen LogP contribution in [-0.2, 0) is 16.6 Å². The summed E-state index contributed by atoms with van der Waals surface area (Å²) in [6.45, 7) is 2.03. The van der Waals surface area contributed by atoms with Crippen molar-refractivity contribution in [3.05, 3.63) is 47.4 Å². The molecule has 0 aliphatic rings. The number of hydrogen-bond donors (Lipinski definition) is 3. The van der Waals surface area contributed by atoms with E-state index < -0.39 is 16.0 Å². The average molecular weight is 310 g/mol. The molecule has 0 saturated carbocycles. The molecule has 0 amide bonds. The van der Waals surface area contributed by atoms with Gasteiger partial charge in [0.05, 0.1) is 11.4 Å². The van der Waals surface area contributed by atoms with Crippen molar-refractivity contribution in [2.75, 3.05) is 5.32 Å². The van der Waals surface area contributed by atoms with Crippen LogP contribution in [0.4, 0.5) is 5.69 Å². The van der Waals surface area contributed by atoms with Gasteiger partial charge in [-0.2, -0.15) is 0 Å². The number of nitrogens with two attached hydrogens (primary N) is 1. The van der Waals surface area contributed by atoms with Crippen molar-refractivity contribution >= 4 is 21.7 Å². The number of hydrogen-bond acceptors (Lipinski definition) is 5. The first-order valence-corrected chi connectivity index (χ1v) is 7.51. The minimum atomic E-state index is -3.77. The minimum Gasteiger partial charge on any atom is -0.475 e. The number of primary sulfonamides is 1. The number of aromatic carboxylic acids is 1. The fraction of sp³-hybridized carbons (Fsp3) is 0.154. The quantitative estimate of drug-likeness (QED) is 0.770. The van der Waals surface area contributed by atoms with Gasteiger partial charge in [-0.1, -0.05) is 6.07 Å². The molecule has 0 fully saturated rings. The summed E-state index contributed by atoms with van der Waals surface area (Å²) < 4.78 is 27.7. The third-order valence-corrected chi connectivity index (χ3v) is 3.77. The molecule has 1 heterocycles. The lowest BCUT2D eigenvalue weighted by atomic mass is 10.2. The standard InChI is InChI=1S/C13H14N2O5S/c1-8-2-4-10(21(14,18)19)6-11(8)15-7-9-3-5-12(20-9)13(16)17/h2-6,15H,7H2,1H3,(H,16,17)(H2,14,18,19). The topological polar surface area (TPSA) is 123 Å². The SMILES string of the molecule is Cc1ccc(S(N)(=O)=O)cc1NCc1ccc(C(=O)O)o1. The van der Waals surface area contributed by atoms with Crippen molar-refractivity contribution in [3.63, 3.8) is 0 Å². The molecule has 21 heavy (non-hydrogen) atoms. The first-order chi connectivity index (χ1) is 9.77. The highest BCUT2D eigenvalue weighted by Crippen LogP contribution is 2.20. The molecule has 1 aromatic heterocycles. The maximum absolute atomic E-state index is 11.3. The first kappa shape index (κ1) is 15.1. The fourth-order valence-electron chi connectivity index (χ4n) is 1.74. The van der Waals surface area contributed by atoms with E-state index in [-0.39, 0.29) is 17.2 Å². The van der Waals surface area contributed by atoms with E-state index in [1.165, 1.54) is 24.3 Å². The number of furan rings is 1. The Morgan fingerprint density at radius 3 is 2.62 bits per heavy atom. The van der Waals surface area contributed by atoms with E-state index in [1.807, 2.05) is 0 Å². The first-order valence-electron chi connectivity index (χ1n) is 5.96. The van der Waals surface area contributed by atoms with Crippen molar-refractivity contribution in [3.8, 4) is 0 Å². The lowest BCUT2D eigenvalue weighted by Gasteiger charge is -2.09. The second-order valence-electron chi connectivity index (χ2n) is 4.45. The van der Waals surface area contributed by atoms with Crippen LogP contribution in [0.25, 0.3) is 0 Å². The van der Waals surface area contributed by atoms with Crippen molar-refractivity contribution in [2.45, 2.75) is 18.4 Å². The smallest absolute Gasteiger partial charge is 0.371 e. The van der Waals surface area contributed by atoms with Gasteiger partial charge in [0.1, 0.15) is 5.76 Å². The molecule has 2 rings (SSSR count). The maximum atomic E-state index is 11.3. The Hall–Kier alpha value is -2.32. The summed E-state index contributed by atoms with van der Waals surface area (Å²) >= 11 is 0. The molecule has 0 atom stereocenters. The van der Waals surface area contributed by atoms with Crippen LogP contribution in [0.3, 0.4) is 0 Å². The molecule has 2 aromatic rings. The van der Waals surface area contributed by atoms with Crippen LogP contribution in [0.15, 0.2) is 39.6 Å². The van der Waals surface area contributed by atoms with Crippen LogP contribution in [0.1, 0.15) is 21.9 Å². The van der Waals surface area contributed by atoms with Crippen molar-refractivity contribution in [1.29, 1.82) is 0 Å². The van der Waals surface area contributed by atoms with Gasteiger partial charge in [-0.25, -0.2) is 18.4 Å². The molecule has 0 unspecified atom stereocenters. The molecule has 0 spiro atoms. The van der Waals surface area contributed by atoms with E-state index in [9.17, 15) is 13.2 Å². The number of sulfonamides is 1. The molecule has 1 aromatic carbocycles. The van der Waals surface area contributed by atoms with Gasteiger partial charge in [0.25, 0.3) is 0 Å². The Labute approximate surface area is 121 Å². The normalized spacial score (nSPS) is 11.3. The van der Waals surface area contributed by atoms with Crippen LogP contribution < -0.4 is 10.5 Å². The Morgan fingerprint density at radius 1 is 1.33 bits per heavy atom. The number of carbonyl (C=O) groups is 1. The van der Waals surface area contributed by atoms with Gasteiger partial charge in [0.2, 0.25) is 15.8 Å². The fourth-order valence-corrected chi connectivity index (χ4v) is 2.28. The Kier molecular flexibility index (Phi) is 4.01. The van der Waals surface area contributed by atoms with E-state index in [0.29, 0.717) is 11.4 Å². The predicted octanol–water partition coefficient (Wildman–Crippen LogP) is 1.55. The lowest BCUT2D eigenvalue weighted by molar-refractivity contribution is 0.0660. The summed E-state index contributed by atoms with van der Waals surface area (Å²) in [5.41, 5.74) is 1.40. The van der Waals surface area contributed by atoms with Crippen LogP contribution in [-0.4, -0.2) is 19.5 Å². The van der Waals surface area contributed by atoms with Crippen LogP contribution >= 0.6 is 0 Å². The van der Waals surface area contributed by atoms with Crippen LogP contribution in [0.2, 0.25) is 0 Å². The van der Waals surface area contributed by atoms with Gasteiger partial charge in [-0.15, -0.1) is 0 Å². The lowest BCUT2D eigenvalue weighted by Crippen LogP contribution is -2.12. The molecule has 0 aliphatic carbocycles. The molecule has 0 aliphatic heterocycles. The number of nitrogens with one attached hydrogen (secondary N) is 1. The zero-order valence-electron chi connectivity index (χ0n) is 11.2. The Balaban J connectivity index is 2.17. The maximum Gasteiger partial charge on any atom is 0.371 e. The molecular formula is C13H14N2O5S. The molecule has 7 nitrogen and oxygen atoms in total.